The van der Waals surface area contributed by atoms with Crippen molar-refractivity contribution >= 4 is 16.1 Å². The van der Waals surface area contributed by atoms with Gasteiger partial charge in [0.1, 0.15) is 0 Å². The third kappa shape index (κ3) is 4.31. The highest BCUT2D eigenvalue weighted by Gasteiger charge is 2.29. The number of piperidine rings is 1. The van der Waals surface area contributed by atoms with Gasteiger partial charge in [0.2, 0.25) is 0 Å². The summed E-state index contributed by atoms with van der Waals surface area (Å²) in [6, 6.07) is 7.50. The van der Waals surface area contributed by atoms with Crippen molar-refractivity contribution in [1.82, 2.24) is 13.9 Å². The zero-order valence-corrected chi connectivity index (χ0v) is 14.8. The van der Waals surface area contributed by atoms with Crippen molar-refractivity contribution in [1.29, 1.82) is 0 Å². The number of nitrogens with zero attached hydrogens (tertiary/aromatic N) is 2. The Hall–Kier alpha value is -1.44. The first-order valence-corrected chi connectivity index (χ1v) is 9.23. The molecule has 6 nitrogen and oxygen atoms in total. The molecule has 0 spiro atoms. The summed E-state index contributed by atoms with van der Waals surface area (Å²) in [4.78, 5) is 12.2. The first-order valence-electron chi connectivity index (χ1n) is 7.84. The lowest BCUT2D eigenvalue weighted by Crippen LogP contribution is -2.45. The van der Waals surface area contributed by atoms with E-state index in [1.807, 2.05) is 31.2 Å². The van der Waals surface area contributed by atoms with E-state index in [1.165, 1.54) is 8.61 Å². The topological polar surface area (TPSA) is 69.7 Å². The van der Waals surface area contributed by atoms with Crippen molar-refractivity contribution < 1.29 is 13.2 Å². The molecule has 128 valence electrons. The summed E-state index contributed by atoms with van der Waals surface area (Å²) in [5.74, 6) is 0.253. The molecule has 1 aromatic rings. The minimum Gasteiger partial charge on any atom is -0.352 e. The van der Waals surface area contributed by atoms with Crippen LogP contribution in [0, 0.1) is 12.8 Å². The average Bonchev–Trinajstić information content (AvgIpc) is 2.53. The maximum atomic E-state index is 12.2. The predicted octanol–water partition coefficient (Wildman–Crippen LogP) is 1.24. The third-order valence-corrected chi connectivity index (χ3v) is 6.24. The molecule has 0 radical (unpaired) electrons. The smallest absolute Gasteiger partial charge is 0.281 e. The Morgan fingerprint density at radius 1 is 1.26 bits per heavy atom. The lowest BCUT2D eigenvalue weighted by atomic mass is 9.98. The zero-order valence-electron chi connectivity index (χ0n) is 13.9. The highest BCUT2D eigenvalue weighted by molar-refractivity contribution is 7.86. The number of amides is 1. The van der Waals surface area contributed by atoms with Crippen LogP contribution in [0.3, 0.4) is 0 Å². The average molecular weight is 339 g/mol. The van der Waals surface area contributed by atoms with Crippen molar-refractivity contribution in [2.24, 2.45) is 5.92 Å². The van der Waals surface area contributed by atoms with Crippen molar-refractivity contribution in [3.63, 3.8) is 0 Å². The monoisotopic (exact) mass is 339 g/mol. The van der Waals surface area contributed by atoms with E-state index in [0.29, 0.717) is 31.1 Å². The fourth-order valence-electron chi connectivity index (χ4n) is 2.73. The maximum absolute atomic E-state index is 12.2. The summed E-state index contributed by atoms with van der Waals surface area (Å²) in [6.45, 7) is 3.51. The Kier molecular flexibility index (Phi) is 5.78. The molecule has 1 N–H and O–H groups in total. The van der Waals surface area contributed by atoms with Gasteiger partial charge < -0.3 is 5.32 Å². The quantitative estimate of drug-likeness (QED) is 0.877. The van der Waals surface area contributed by atoms with Crippen molar-refractivity contribution in [3.8, 4) is 0 Å². The molecule has 7 heteroatoms. The minimum atomic E-state index is -3.32. The second-order valence-corrected chi connectivity index (χ2v) is 8.30. The number of rotatable bonds is 5. The van der Waals surface area contributed by atoms with E-state index in [9.17, 15) is 13.2 Å². The van der Waals surface area contributed by atoms with Crippen molar-refractivity contribution in [2.75, 3.05) is 33.7 Å². The Morgan fingerprint density at radius 3 is 2.43 bits per heavy atom. The largest absolute Gasteiger partial charge is 0.352 e. The van der Waals surface area contributed by atoms with Crippen LogP contribution in [0.1, 0.15) is 28.8 Å². The molecule has 1 saturated heterocycles. The van der Waals surface area contributed by atoms with Gasteiger partial charge in [-0.15, -0.1) is 0 Å². The van der Waals surface area contributed by atoms with Crippen LogP contribution in [0.25, 0.3) is 0 Å². The Bertz CT molecular complexity index is 650. The van der Waals surface area contributed by atoms with Gasteiger partial charge in [0.15, 0.2) is 0 Å². The highest BCUT2D eigenvalue weighted by Crippen LogP contribution is 2.20. The number of hydrogen-bond donors (Lipinski definition) is 1. The van der Waals surface area contributed by atoms with Gasteiger partial charge in [-0.2, -0.15) is 17.0 Å². The van der Waals surface area contributed by atoms with Gasteiger partial charge in [-0.3, -0.25) is 4.79 Å². The maximum Gasteiger partial charge on any atom is 0.281 e. The van der Waals surface area contributed by atoms with Crippen LogP contribution in [-0.2, 0) is 10.2 Å². The van der Waals surface area contributed by atoms with E-state index in [-0.39, 0.29) is 5.91 Å². The summed E-state index contributed by atoms with van der Waals surface area (Å²) in [7, 11) is -0.233. The predicted molar refractivity (Wildman–Crippen MR) is 90.4 cm³/mol. The molecule has 1 fully saturated rings. The van der Waals surface area contributed by atoms with Gasteiger partial charge in [-0.1, -0.05) is 18.2 Å². The third-order valence-electron chi connectivity index (χ3n) is 4.30. The van der Waals surface area contributed by atoms with E-state index in [0.717, 1.165) is 18.4 Å². The van der Waals surface area contributed by atoms with E-state index < -0.39 is 10.2 Å². The number of benzene rings is 1. The minimum absolute atomic E-state index is 0.0635. The second-order valence-electron chi connectivity index (χ2n) is 6.16. The molecular weight excluding hydrogens is 314 g/mol. The molecule has 0 unspecified atom stereocenters. The SMILES string of the molecule is Cc1ccccc1C(=O)NCC1CCN(S(=O)(=O)N(C)C)CC1. The van der Waals surface area contributed by atoms with Gasteiger partial charge >= 0.3 is 0 Å². The van der Waals surface area contributed by atoms with Crippen molar-refractivity contribution in [2.45, 2.75) is 19.8 Å². The lowest BCUT2D eigenvalue weighted by molar-refractivity contribution is 0.0940. The van der Waals surface area contributed by atoms with Gasteiger partial charge in [0, 0.05) is 39.3 Å². The van der Waals surface area contributed by atoms with Gasteiger partial charge in [0.25, 0.3) is 16.1 Å². The van der Waals surface area contributed by atoms with E-state index >= 15 is 0 Å². The van der Waals surface area contributed by atoms with E-state index in [4.69, 9.17) is 0 Å². The number of nitrogens with one attached hydrogen (secondary N) is 1. The molecule has 1 amide bonds. The van der Waals surface area contributed by atoms with Crippen LogP contribution in [0.2, 0.25) is 0 Å². The molecule has 0 saturated carbocycles. The zero-order chi connectivity index (χ0) is 17.0. The summed E-state index contributed by atoms with van der Waals surface area (Å²) in [6.07, 6.45) is 1.53. The normalized spacial score (nSPS) is 17.4. The number of aryl methyl sites for hydroxylation is 1. The summed E-state index contributed by atoms with van der Waals surface area (Å²) >= 11 is 0. The fraction of sp³-hybridized carbons (Fsp3) is 0.562. The molecule has 1 aliphatic heterocycles. The lowest BCUT2D eigenvalue weighted by Gasteiger charge is -2.32. The number of carbonyl (C=O) groups is 1. The molecular formula is C16H25N3O3S. The van der Waals surface area contributed by atoms with Gasteiger partial charge in [0.05, 0.1) is 0 Å². The van der Waals surface area contributed by atoms with Crippen LogP contribution in [0.5, 0.6) is 0 Å². The van der Waals surface area contributed by atoms with Gasteiger partial charge in [-0.05, 0) is 37.3 Å². The Morgan fingerprint density at radius 2 is 1.87 bits per heavy atom. The standard InChI is InChI=1S/C16H25N3O3S/c1-13-6-4-5-7-15(13)16(20)17-12-14-8-10-19(11-9-14)23(21,22)18(2)3/h4-7,14H,8-12H2,1-3H3,(H,17,20). The molecule has 0 bridgehead atoms. The van der Waals surface area contributed by atoms with E-state index in [2.05, 4.69) is 5.32 Å². The van der Waals surface area contributed by atoms with Crippen LogP contribution in [0.4, 0.5) is 0 Å². The molecule has 1 heterocycles. The van der Waals surface area contributed by atoms with Crippen molar-refractivity contribution in [3.05, 3.63) is 35.4 Å². The highest BCUT2D eigenvalue weighted by atomic mass is 32.2. The second kappa shape index (κ2) is 7.42. The molecule has 23 heavy (non-hydrogen) atoms. The molecule has 0 aliphatic carbocycles. The summed E-state index contributed by atoms with van der Waals surface area (Å²) in [5.41, 5.74) is 1.65. The number of carbonyl (C=O) groups excluding carboxylic acids is 1. The van der Waals surface area contributed by atoms with E-state index in [1.54, 1.807) is 14.1 Å². The molecule has 2 rings (SSSR count). The van der Waals surface area contributed by atoms with Crippen LogP contribution in [0.15, 0.2) is 24.3 Å². The van der Waals surface area contributed by atoms with Crippen LogP contribution in [-0.4, -0.2) is 56.7 Å². The molecule has 0 atom stereocenters. The first kappa shape index (κ1) is 17.9. The number of hydrogen-bond acceptors (Lipinski definition) is 3. The molecule has 0 aromatic heterocycles. The van der Waals surface area contributed by atoms with Gasteiger partial charge in [-0.25, -0.2) is 0 Å². The first-order chi connectivity index (χ1) is 10.8. The molecule has 1 aliphatic rings. The Balaban J connectivity index is 1.84. The summed E-state index contributed by atoms with van der Waals surface area (Å²) < 4.78 is 26.9. The Labute approximate surface area is 138 Å². The summed E-state index contributed by atoms with van der Waals surface area (Å²) in [5, 5.41) is 2.97. The fourth-order valence-corrected chi connectivity index (χ4v) is 3.87. The van der Waals surface area contributed by atoms with Crippen LogP contribution < -0.4 is 5.32 Å². The molecule has 1 aromatic carbocycles. The van der Waals surface area contributed by atoms with Crippen LogP contribution >= 0.6 is 0 Å².